The summed E-state index contributed by atoms with van der Waals surface area (Å²) >= 11 is 7.91. The Kier molecular flexibility index (Phi) is 6.12. The zero-order valence-electron chi connectivity index (χ0n) is 9.66. The van der Waals surface area contributed by atoms with Crippen LogP contribution in [0.15, 0.2) is 14.1 Å². The Balaban J connectivity index is 2.75. The van der Waals surface area contributed by atoms with E-state index in [-0.39, 0.29) is 6.04 Å². The third-order valence-electron chi connectivity index (χ3n) is 2.23. The van der Waals surface area contributed by atoms with E-state index in [0.29, 0.717) is 4.21 Å². The van der Waals surface area contributed by atoms with Crippen LogP contribution in [-0.4, -0.2) is 19.8 Å². The van der Waals surface area contributed by atoms with Crippen LogP contribution < -0.4 is 4.72 Å². The molecule has 0 amide bonds. The molecule has 1 atom stereocenters. The van der Waals surface area contributed by atoms with E-state index in [4.69, 9.17) is 0 Å². The zero-order chi connectivity index (χ0) is 13.1. The Morgan fingerprint density at radius 3 is 2.65 bits per heavy atom. The predicted octanol–water partition coefficient (Wildman–Crippen LogP) is 3.66. The predicted molar refractivity (Wildman–Crippen MR) is 79.6 cm³/mol. The van der Waals surface area contributed by atoms with Crippen molar-refractivity contribution >= 4 is 53.2 Å². The summed E-state index contributed by atoms with van der Waals surface area (Å²) < 4.78 is 28.0. The molecule has 0 saturated heterocycles. The van der Waals surface area contributed by atoms with E-state index in [1.165, 1.54) is 11.3 Å². The maximum absolute atomic E-state index is 12.0. The van der Waals surface area contributed by atoms with Crippen molar-refractivity contribution in [2.45, 2.75) is 36.9 Å². The third kappa shape index (κ3) is 4.63. The van der Waals surface area contributed by atoms with Crippen molar-refractivity contribution in [1.29, 1.82) is 0 Å². The zero-order valence-corrected chi connectivity index (χ0v) is 14.5. The van der Waals surface area contributed by atoms with Gasteiger partial charge in [0.2, 0.25) is 10.0 Å². The summed E-state index contributed by atoms with van der Waals surface area (Å²) in [6.45, 7) is 3.77. The third-order valence-corrected chi connectivity index (χ3v) is 6.99. The average Bonchev–Trinajstić information content (AvgIpc) is 2.56. The molecule has 1 N–H and O–H groups in total. The van der Waals surface area contributed by atoms with Crippen LogP contribution in [-0.2, 0) is 10.0 Å². The molecule has 1 rings (SSSR count). The molecule has 17 heavy (non-hydrogen) atoms. The van der Waals surface area contributed by atoms with Gasteiger partial charge in [-0.3, -0.25) is 0 Å². The summed E-state index contributed by atoms with van der Waals surface area (Å²) in [5.74, 6) is 0. The lowest BCUT2D eigenvalue weighted by molar-refractivity contribution is 0.547. The molecule has 3 nitrogen and oxygen atoms in total. The first kappa shape index (κ1) is 15.6. The van der Waals surface area contributed by atoms with E-state index in [0.717, 1.165) is 27.5 Å². The highest BCUT2D eigenvalue weighted by Crippen LogP contribution is 2.30. The molecule has 0 aromatic carbocycles. The summed E-state index contributed by atoms with van der Waals surface area (Å²) in [5.41, 5.74) is 0.948. The van der Waals surface area contributed by atoms with E-state index in [9.17, 15) is 8.42 Å². The Morgan fingerprint density at radius 2 is 2.18 bits per heavy atom. The Morgan fingerprint density at radius 1 is 1.53 bits per heavy atom. The van der Waals surface area contributed by atoms with Gasteiger partial charge >= 0.3 is 0 Å². The number of hydrogen-bond acceptors (Lipinski definition) is 3. The molecule has 0 radical (unpaired) electrons. The van der Waals surface area contributed by atoms with Gasteiger partial charge in [0.05, 0.1) is 3.79 Å². The molecule has 0 spiro atoms. The van der Waals surface area contributed by atoms with Crippen molar-refractivity contribution in [3.05, 3.63) is 15.4 Å². The Hall–Kier alpha value is 0.570. The minimum absolute atomic E-state index is 0.0428. The lowest BCUT2D eigenvalue weighted by Crippen LogP contribution is -2.32. The number of alkyl halides is 1. The van der Waals surface area contributed by atoms with E-state index in [1.807, 2.05) is 13.8 Å². The second kappa shape index (κ2) is 6.65. The van der Waals surface area contributed by atoms with Gasteiger partial charge in [0, 0.05) is 11.4 Å². The molecule has 0 fully saturated rings. The van der Waals surface area contributed by atoms with Gasteiger partial charge in [-0.15, -0.1) is 11.3 Å². The monoisotopic (exact) mass is 403 g/mol. The second-order valence-corrected chi connectivity index (χ2v) is 8.98. The first-order valence-corrected chi connectivity index (χ1v) is 9.42. The maximum Gasteiger partial charge on any atom is 0.250 e. The first-order valence-electron chi connectivity index (χ1n) is 5.21. The fraction of sp³-hybridized carbons (Fsp3) is 0.600. The van der Waals surface area contributed by atoms with Crippen LogP contribution in [0.4, 0.5) is 0 Å². The lowest BCUT2D eigenvalue weighted by atomic mass is 10.2. The smallest absolute Gasteiger partial charge is 0.208 e. The van der Waals surface area contributed by atoms with Crippen LogP contribution in [0.5, 0.6) is 0 Å². The van der Waals surface area contributed by atoms with E-state index < -0.39 is 10.0 Å². The quantitative estimate of drug-likeness (QED) is 0.735. The molecule has 7 heteroatoms. The van der Waals surface area contributed by atoms with Crippen LogP contribution >= 0.6 is 43.2 Å². The highest BCUT2D eigenvalue weighted by molar-refractivity contribution is 9.11. The molecule has 1 aromatic heterocycles. The van der Waals surface area contributed by atoms with Crippen LogP contribution in [0.3, 0.4) is 0 Å². The van der Waals surface area contributed by atoms with Gasteiger partial charge in [-0.05, 0) is 54.2 Å². The van der Waals surface area contributed by atoms with E-state index >= 15 is 0 Å². The number of thiophene rings is 1. The van der Waals surface area contributed by atoms with Gasteiger partial charge in [-0.1, -0.05) is 15.9 Å². The number of rotatable bonds is 6. The SMILES string of the molecule is Cc1cc(S(=O)(=O)NC(C)CCCBr)sc1Br. The summed E-state index contributed by atoms with van der Waals surface area (Å²) in [7, 11) is -3.37. The van der Waals surface area contributed by atoms with Gasteiger partial charge in [-0.25, -0.2) is 13.1 Å². The van der Waals surface area contributed by atoms with E-state index in [1.54, 1.807) is 6.07 Å². The fourth-order valence-corrected chi connectivity index (χ4v) is 5.17. The van der Waals surface area contributed by atoms with Gasteiger partial charge in [0.25, 0.3) is 0 Å². The van der Waals surface area contributed by atoms with Gasteiger partial charge in [-0.2, -0.15) is 0 Å². The molecule has 0 aliphatic carbocycles. The molecule has 98 valence electrons. The van der Waals surface area contributed by atoms with Crippen LogP contribution in [0.25, 0.3) is 0 Å². The number of nitrogens with one attached hydrogen (secondary N) is 1. The van der Waals surface area contributed by atoms with Crippen molar-refractivity contribution < 1.29 is 8.42 Å². The lowest BCUT2D eigenvalue weighted by Gasteiger charge is -2.12. The maximum atomic E-state index is 12.0. The molecule has 1 unspecified atom stereocenters. The molecule has 1 aromatic rings. The summed E-state index contributed by atoms with van der Waals surface area (Å²) in [6, 6.07) is 1.65. The Bertz CT molecular complexity index is 451. The standard InChI is InChI=1S/C10H15Br2NO2S2/c1-7-6-9(16-10(7)12)17(14,15)13-8(2)4-3-5-11/h6,8,13H,3-5H2,1-2H3. The molecular formula is C10H15Br2NO2S2. The largest absolute Gasteiger partial charge is 0.250 e. The highest BCUT2D eigenvalue weighted by Gasteiger charge is 2.20. The van der Waals surface area contributed by atoms with Crippen LogP contribution in [0.1, 0.15) is 25.3 Å². The molecule has 0 saturated carbocycles. The number of aryl methyl sites for hydroxylation is 1. The highest BCUT2D eigenvalue weighted by atomic mass is 79.9. The van der Waals surface area contributed by atoms with Crippen molar-refractivity contribution in [3.63, 3.8) is 0 Å². The minimum atomic E-state index is -3.37. The van der Waals surface area contributed by atoms with Crippen LogP contribution in [0.2, 0.25) is 0 Å². The molecule has 0 bridgehead atoms. The van der Waals surface area contributed by atoms with Crippen molar-refractivity contribution in [1.82, 2.24) is 4.72 Å². The van der Waals surface area contributed by atoms with Crippen molar-refractivity contribution in [2.75, 3.05) is 5.33 Å². The number of sulfonamides is 1. The average molecular weight is 405 g/mol. The van der Waals surface area contributed by atoms with E-state index in [2.05, 4.69) is 36.6 Å². The fourth-order valence-electron chi connectivity index (χ4n) is 1.33. The van der Waals surface area contributed by atoms with Gasteiger partial charge in [0.1, 0.15) is 4.21 Å². The van der Waals surface area contributed by atoms with Gasteiger partial charge < -0.3 is 0 Å². The summed E-state index contributed by atoms with van der Waals surface area (Å²) in [4.78, 5) is 0. The molecular weight excluding hydrogens is 390 g/mol. The van der Waals surface area contributed by atoms with Crippen molar-refractivity contribution in [3.8, 4) is 0 Å². The summed E-state index contributed by atoms with van der Waals surface area (Å²) in [5, 5.41) is 0.892. The topological polar surface area (TPSA) is 46.2 Å². The van der Waals surface area contributed by atoms with Crippen LogP contribution in [0, 0.1) is 6.92 Å². The first-order chi connectivity index (χ1) is 7.86. The molecule has 1 heterocycles. The number of halogens is 2. The van der Waals surface area contributed by atoms with Crippen molar-refractivity contribution in [2.24, 2.45) is 0 Å². The second-order valence-electron chi connectivity index (χ2n) is 3.88. The minimum Gasteiger partial charge on any atom is -0.208 e. The van der Waals surface area contributed by atoms with Gasteiger partial charge in [0.15, 0.2) is 0 Å². The Labute approximate surface area is 123 Å². The molecule has 0 aliphatic heterocycles. The summed E-state index contributed by atoms with van der Waals surface area (Å²) in [6.07, 6.45) is 1.78. The normalized spacial score (nSPS) is 13.9. The number of hydrogen-bond donors (Lipinski definition) is 1. The molecule has 0 aliphatic rings.